The van der Waals surface area contributed by atoms with Crippen LogP contribution < -0.4 is 10.6 Å². The molecule has 0 aromatic heterocycles. The molecule has 5 nitrogen and oxygen atoms in total. The van der Waals surface area contributed by atoms with Gasteiger partial charge in [-0.15, -0.1) is 0 Å². The molecule has 0 fully saturated rings. The van der Waals surface area contributed by atoms with Crippen molar-refractivity contribution in [1.29, 1.82) is 5.26 Å². The van der Waals surface area contributed by atoms with Gasteiger partial charge in [0.1, 0.15) is 0 Å². The standard InChI is InChI=1S/C18H18N4OS/c1-12-8-9-13(2)16(10-12)21-17(23)14-6-4-5-7-15(14)22-18(24-3)20-11-19/h4-10H,1-3H3,(H,20,22)(H,21,23). The van der Waals surface area contributed by atoms with E-state index < -0.39 is 0 Å². The second kappa shape index (κ2) is 8.18. The van der Waals surface area contributed by atoms with Gasteiger partial charge >= 0.3 is 0 Å². The van der Waals surface area contributed by atoms with Gasteiger partial charge in [0.05, 0.1) is 11.3 Å². The molecule has 24 heavy (non-hydrogen) atoms. The number of benzene rings is 2. The normalized spacial score (nSPS) is 10.8. The fourth-order valence-corrected chi connectivity index (χ4v) is 2.44. The fourth-order valence-electron chi connectivity index (χ4n) is 2.11. The Morgan fingerprint density at radius 2 is 1.96 bits per heavy atom. The van der Waals surface area contributed by atoms with Crippen LogP contribution in [0.2, 0.25) is 0 Å². The number of amidine groups is 1. The Balaban J connectivity index is 2.34. The molecule has 2 rings (SSSR count). The van der Waals surface area contributed by atoms with E-state index in [1.165, 1.54) is 11.8 Å². The molecule has 0 radical (unpaired) electrons. The molecule has 0 atom stereocenters. The molecule has 2 aromatic carbocycles. The zero-order chi connectivity index (χ0) is 17.5. The monoisotopic (exact) mass is 338 g/mol. The number of aryl methyl sites for hydroxylation is 2. The van der Waals surface area contributed by atoms with Crippen LogP contribution in [0.25, 0.3) is 0 Å². The number of amides is 1. The Kier molecular flexibility index (Phi) is 5.99. The molecule has 0 unspecified atom stereocenters. The zero-order valence-electron chi connectivity index (χ0n) is 13.8. The average Bonchev–Trinajstić information content (AvgIpc) is 2.58. The number of aliphatic imine (C=N–C) groups is 1. The first-order chi connectivity index (χ1) is 11.5. The second-order valence-corrected chi connectivity index (χ2v) is 5.94. The number of carbonyl (C=O) groups is 1. The summed E-state index contributed by atoms with van der Waals surface area (Å²) in [5.74, 6) is -0.236. The van der Waals surface area contributed by atoms with Gasteiger partial charge < -0.3 is 5.32 Å². The van der Waals surface area contributed by atoms with Crippen molar-refractivity contribution in [2.75, 3.05) is 11.6 Å². The Morgan fingerprint density at radius 1 is 1.21 bits per heavy atom. The lowest BCUT2D eigenvalue weighted by Gasteiger charge is -2.11. The van der Waals surface area contributed by atoms with Crippen molar-refractivity contribution in [3.63, 3.8) is 0 Å². The van der Waals surface area contributed by atoms with Crippen LogP contribution in [0.1, 0.15) is 21.5 Å². The van der Waals surface area contributed by atoms with Crippen LogP contribution in [-0.2, 0) is 0 Å². The predicted octanol–water partition coefficient (Wildman–Crippen LogP) is 3.98. The molecule has 6 heteroatoms. The third-order valence-corrected chi connectivity index (χ3v) is 3.95. The highest BCUT2D eigenvalue weighted by Crippen LogP contribution is 2.23. The predicted molar refractivity (Wildman–Crippen MR) is 99.7 cm³/mol. The lowest BCUT2D eigenvalue weighted by Crippen LogP contribution is -2.15. The summed E-state index contributed by atoms with van der Waals surface area (Å²) in [6.45, 7) is 3.92. The molecule has 2 N–H and O–H groups in total. The summed E-state index contributed by atoms with van der Waals surface area (Å²) in [5.41, 5.74) is 3.80. The number of carbonyl (C=O) groups excluding carboxylic acids is 1. The van der Waals surface area contributed by atoms with Gasteiger partial charge in [-0.3, -0.25) is 10.1 Å². The van der Waals surface area contributed by atoms with E-state index in [0.717, 1.165) is 16.8 Å². The van der Waals surface area contributed by atoms with Gasteiger partial charge in [-0.25, -0.2) is 4.99 Å². The summed E-state index contributed by atoms with van der Waals surface area (Å²) in [6.07, 6.45) is 3.65. The SMILES string of the molecule is CSC(=Nc1ccccc1C(=O)Nc1cc(C)ccc1C)NC#N. The molecule has 0 aliphatic carbocycles. The number of para-hydroxylation sites is 1. The lowest BCUT2D eigenvalue weighted by molar-refractivity contribution is 0.102. The molecule has 1 amide bonds. The van der Waals surface area contributed by atoms with Gasteiger partial charge in [0.25, 0.3) is 5.91 Å². The summed E-state index contributed by atoms with van der Waals surface area (Å²) in [4.78, 5) is 17.0. The average molecular weight is 338 g/mol. The number of hydrogen-bond donors (Lipinski definition) is 2. The molecule has 0 aliphatic heterocycles. The van der Waals surface area contributed by atoms with Crippen LogP contribution in [0.5, 0.6) is 0 Å². The highest BCUT2D eigenvalue weighted by molar-refractivity contribution is 8.13. The Bertz CT molecular complexity index is 824. The van der Waals surface area contributed by atoms with Crippen LogP contribution in [0.15, 0.2) is 47.5 Å². The molecular formula is C18H18N4OS. The summed E-state index contributed by atoms with van der Waals surface area (Å²) in [5, 5.41) is 14.6. The maximum Gasteiger partial charge on any atom is 0.257 e. The number of hydrogen-bond acceptors (Lipinski definition) is 4. The number of thioether (sulfide) groups is 1. The number of nitriles is 1. The maximum absolute atomic E-state index is 12.7. The molecular weight excluding hydrogens is 320 g/mol. The summed E-state index contributed by atoms with van der Waals surface area (Å²) >= 11 is 1.30. The number of nitrogens with one attached hydrogen (secondary N) is 2. The molecule has 0 aliphatic rings. The first-order valence-corrected chi connectivity index (χ1v) is 8.53. The largest absolute Gasteiger partial charge is 0.322 e. The number of anilines is 1. The van der Waals surface area contributed by atoms with Crippen molar-refractivity contribution in [2.24, 2.45) is 4.99 Å². The highest BCUT2D eigenvalue weighted by Gasteiger charge is 2.12. The van der Waals surface area contributed by atoms with Gasteiger partial charge in [-0.1, -0.05) is 36.0 Å². The molecule has 0 spiro atoms. The first-order valence-electron chi connectivity index (χ1n) is 7.30. The van der Waals surface area contributed by atoms with Crippen molar-refractivity contribution < 1.29 is 4.79 Å². The Labute approximate surface area is 145 Å². The minimum atomic E-state index is -0.236. The minimum absolute atomic E-state index is 0.236. The fraction of sp³-hybridized carbons (Fsp3) is 0.167. The number of nitrogens with zero attached hydrogens (tertiary/aromatic N) is 2. The van der Waals surface area contributed by atoms with Crippen molar-refractivity contribution in [2.45, 2.75) is 13.8 Å². The number of rotatable bonds is 3. The van der Waals surface area contributed by atoms with E-state index in [1.54, 1.807) is 24.3 Å². The van der Waals surface area contributed by atoms with Gasteiger partial charge in [0.15, 0.2) is 11.4 Å². The van der Waals surface area contributed by atoms with E-state index in [2.05, 4.69) is 15.6 Å². The van der Waals surface area contributed by atoms with Gasteiger partial charge in [-0.2, -0.15) is 5.26 Å². The maximum atomic E-state index is 12.7. The zero-order valence-corrected chi connectivity index (χ0v) is 14.6. The quantitative estimate of drug-likeness (QED) is 0.384. The van der Waals surface area contributed by atoms with Crippen LogP contribution in [0, 0.1) is 25.3 Å². The summed E-state index contributed by atoms with van der Waals surface area (Å²) < 4.78 is 0. The topological polar surface area (TPSA) is 77.3 Å². The molecule has 122 valence electrons. The van der Waals surface area contributed by atoms with E-state index >= 15 is 0 Å². The van der Waals surface area contributed by atoms with Crippen LogP contribution in [0.3, 0.4) is 0 Å². The molecule has 0 bridgehead atoms. The van der Waals surface area contributed by atoms with E-state index in [1.807, 2.05) is 44.5 Å². The summed E-state index contributed by atoms with van der Waals surface area (Å²) in [6, 6.07) is 12.9. The Morgan fingerprint density at radius 3 is 2.67 bits per heavy atom. The van der Waals surface area contributed by atoms with Gasteiger partial charge in [-0.05, 0) is 49.4 Å². The molecule has 0 heterocycles. The second-order valence-electron chi connectivity index (χ2n) is 5.15. The van der Waals surface area contributed by atoms with Crippen molar-refractivity contribution in [3.05, 3.63) is 59.2 Å². The van der Waals surface area contributed by atoms with Gasteiger partial charge in [0.2, 0.25) is 0 Å². The molecule has 0 saturated heterocycles. The highest BCUT2D eigenvalue weighted by atomic mass is 32.2. The third-order valence-electron chi connectivity index (χ3n) is 3.37. The lowest BCUT2D eigenvalue weighted by atomic mass is 10.1. The van der Waals surface area contributed by atoms with E-state index in [0.29, 0.717) is 16.4 Å². The molecule has 2 aromatic rings. The summed E-state index contributed by atoms with van der Waals surface area (Å²) in [7, 11) is 0. The van der Waals surface area contributed by atoms with Crippen LogP contribution >= 0.6 is 11.8 Å². The molecule has 0 saturated carbocycles. The van der Waals surface area contributed by atoms with Crippen LogP contribution in [-0.4, -0.2) is 17.3 Å². The first kappa shape index (κ1) is 17.6. The van der Waals surface area contributed by atoms with Gasteiger partial charge in [0, 0.05) is 5.69 Å². The van der Waals surface area contributed by atoms with E-state index in [-0.39, 0.29) is 5.91 Å². The van der Waals surface area contributed by atoms with Crippen molar-refractivity contribution >= 4 is 34.2 Å². The minimum Gasteiger partial charge on any atom is -0.322 e. The third kappa shape index (κ3) is 4.37. The van der Waals surface area contributed by atoms with Crippen LogP contribution in [0.4, 0.5) is 11.4 Å². The Hall–Kier alpha value is -2.78. The van der Waals surface area contributed by atoms with Crippen molar-refractivity contribution in [1.82, 2.24) is 5.32 Å². The smallest absolute Gasteiger partial charge is 0.257 e. The van der Waals surface area contributed by atoms with Crippen molar-refractivity contribution in [3.8, 4) is 6.19 Å². The van der Waals surface area contributed by atoms with E-state index in [9.17, 15) is 4.79 Å². The van der Waals surface area contributed by atoms with E-state index in [4.69, 9.17) is 5.26 Å².